The van der Waals surface area contributed by atoms with Gasteiger partial charge in [0.2, 0.25) is 0 Å². The van der Waals surface area contributed by atoms with Gasteiger partial charge in [0, 0.05) is 18.1 Å². The minimum atomic E-state index is -2.82. The third kappa shape index (κ3) is 4.11. The highest BCUT2D eigenvalue weighted by atomic mass is 32.2. The largest absolute Gasteiger partial charge is 0.327 e. The first kappa shape index (κ1) is 13.0. The van der Waals surface area contributed by atoms with Crippen molar-refractivity contribution in [2.75, 3.05) is 12.0 Å². The van der Waals surface area contributed by atoms with Crippen molar-refractivity contribution < 1.29 is 8.42 Å². The van der Waals surface area contributed by atoms with E-state index in [9.17, 15) is 8.42 Å². The molecular weight excluding hydrogens is 210 g/mol. The highest BCUT2D eigenvalue weighted by Crippen LogP contribution is 2.40. The molecule has 0 heterocycles. The summed E-state index contributed by atoms with van der Waals surface area (Å²) in [5, 5.41) is 0. The normalized spacial score (nSPS) is 22.9. The Balaban J connectivity index is 2.32. The van der Waals surface area contributed by atoms with Crippen LogP contribution in [-0.2, 0) is 9.84 Å². The van der Waals surface area contributed by atoms with Gasteiger partial charge >= 0.3 is 0 Å². The molecule has 0 aromatic rings. The average molecular weight is 233 g/mol. The summed E-state index contributed by atoms with van der Waals surface area (Å²) in [6, 6.07) is 0.168. The fraction of sp³-hybridized carbons (Fsp3) is 1.00. The Hall–Kier alpha value is -0.0900. The Morgan fingerprint density at radius 1 is 1.33 bits per heavy atom. The van der Waals surface area contributed by atoms with Gasteiger partial charge in [-0.3, -0.25) is 0 Å². The van der Waals surface area contributed by atoms with E-state index < -0.39 is 9.84 Å². The number of nitrogens with two attached hydrogens (primary N) is 1. The van der Waals surface area contributed by atoms with Crippen LogP contribution in [0.4, 0.5) is 0 Å². The molecule has 1 rings (SSSR count). The van der Waals surface area contributed by atoms with E-state index in [4.69, 9.17) is 5.73 Å². The average Bonchev–Trinajstić information content (AvgIpc) is 2.51. The molecule has 0 spiro atoms. The summed E-state index contributed by atoms with van der Waals surface area (Å²) in [7, 11) is -2.82. The molecule has 1 aliphatic carbocycles. The van der Waals surface area contributed by atoms with Gasteiger partial charge in [-0.05, 0) is 31.1 Å². The van der Waals surface area contributed by atoms with Crippen LogP contribution in [0.2, 0.25) is 0 Å². The van der Waals surface area contributed by atoms with Gasteiger partial charge < -0.3 is 5.73 Å². The maximum absolute atomic E-state index is 11.0. The molecule has 0 saturated heterocycles. The SMILES string of the molecule is CC1(C(N)CCCS(C)(=O)=O)CCCC1. The summed E-state index contributed by atoms with van der Waals surface area (Å²) >= 11 is 0. The Bertz CT molecular complexity index is 292. The molecule has 1 unspecified atom stereocenters. The number of hydrogen-bond donors (Lipinski definition) is 1. The second kappa shape index (κ2) is 4.83. The summed E-state index contributed by atoms with van der Waals surface area (Å²) in [5.41, 5.74) is 6.41. The fourth-order valence-corrected chi connectivity index (χ4v) is 3.16. The van der Waals surface area contributed by atoms with Crippen molar-refractivity contribution in [2.24, 2.45) is 11.1 Å². The van der Waals surface area contributed by atoms with E-state index in [0.29, 0.717) is 6.42 Å². The van der Waals surface area contributed by atoms with Crippen molar-refractivity contribution in [2.45, 2.75) is 51.5 Å². The minimum Gasteiger partial charge on any atom is -0.327 e. The minimum absolute atomic E-state index is 0.168. The molecule has 1 saturated carbocycles. The van der Waals surface area contributed by atoms with Crippen LogP contribution in [0.3, 0.4) is 0 Å². The van der Waals surface area contributed by atoms with Crippen LogP contribution < -0.4 is 5.73 Å². The van der Waals surface area contributed by atoms with E-state index in [1.54, 1.807) is 0 Å². The lowest BCUT2D eigenvalue weighted by molar-refractivity contribution is 0.249. The summed E-state index contributed by atoms with van der Waals surface area (Å²) in [6.07, 6.45) is 7.78. The van der Waals surface area contributed by atoms with Gasteiger partial charge in [-0.2, -0.15) is 0 Å². The first-order valence-corrected chi connectivity index (χ1v) is 7.83. The third-order valence-electron chi connectivity index (χ3n) is 3.67. The lowest BCUT2D eigenvalue weighted by atomic mass is 9.79. The highest BCUT2D eigenvalue weighted by molar-refractivity contribution is 7.90. The summed E-state index contributed by atoms with van der Waals surface area (Å²) in [6.45, 7) is 2.24. The van der Waals surface area contributed by atoms with Crippen molar-refractivity contribution in [1.29, 1.82) is 0 Å². The molecule has 0 radical (unpaired) electrons. The summed E-state index contributed by atoms with van der Waals surface area (Å²) < 4.78 is 21.9. The lowest BCUT2D eigenvalue weighted by Crippen LogP contribution is -2.37. The maximum atomic E-state index is 11.0. The van der Waals surface area contributed by atoms with Crippen LogP contribution in [0.5, 0.6) is 0 Å². The van der Waals surface area contributed by atoms with E-state index >= 15 is 0 Å². The molecule has 0 aliphatic heterocycles. The molecule has 0 aromatic heterocycles. The molecule has 0 bridgehead atoms. The Labute approximate surface area is 93.3 Å². The first-order chi connectivity index (χ1) is 6.83. The second-order valence-corrected chi connectivity index (χ2v) is 7.50. The van der Waals surface area contributed by atoms with Gasteiger partial charge in [0.25, 0.3) is 0 Å². The molecule has 1 fully saturated rings. The quantitative estimate of drug-likeness (QED) is 0.786. The van der Waals surface area contributed by atoms with E-state index in [1.807, 2.05) is 0 Å². The van der Waals surface area contributed by atoms with E-state index in [1.165, 1.54) is 31.9 Å². The van der Waals surface area contributed by atoms with E-state index in [2.05, 4.69) is 6.92 Å². The van der Waals surface area contributed by atoms with Gasteiger partial charge in [0.1, 0.15) is 9.84 Å². The number of hydrogen-bond acceptors (Lipinski definition) is 3. The monoisotopic (exact) mass is 233 g/mol. The van der Waals surface area contributed by atoms with Gasteiger partial charge in [-0.15, -0.1) is 0 Å². The summed E-state index contributed by atoms with van der Waals surface area (Å²) in [5.74, 6) is 0.275. The van der Waals surface area contributed by atoms with Crippen molar-refractivity contribution in [3.63, 3.8) is 0 Å². The zero-order valence-corrected chi connectivity index (χ0v) is 10.6. The molecule has 4 heteroatoms. The fourth-order valence-electron chi connectivity index (χ4n) is 2.47. The zero-order chi connectivity index (χ0) is 11.5. The van der Waals surface area contributed by atoms with Crippen LogP contribution in [0.25, 0.3) is 0 Å². The van der Waals surface area contributed by atoms with Crippen molar-refractivity contribution >= 4 is 9.84 Å². The molecule has 0 amide bonds. The van der Waals surface area contributed by atoms with Crippen molar-refractivity contribution in [3.8, 4) is 0 Å². The first-order valence-electron chi connectivity index (χ1n) is 5.77. The topological polar surface area (TPSA) is 60.2 Å². The second-order valence-electron chi connectivity index (χ2n) is 5.24. The summed E-state index contributed by atoms with van der Waals surface area (Å²) in [4.78, 5) is 0. The molecule has 1 atom stereocenters. The van der Waals surface area contributed by atoms with Gasteiger partial charge in [-0.1, -0.05) is 19.8 Å². The van der Waals surface area contributed by atoms with Crippen LogP contribution in [0.1, 0.15) is 45.4 Å². The standard InChI is InChI=1S/C11H23NO2S/c1-11(7-3-4-8-11)10(12)6-5-9-15(2,13)14/h10H,3-9,12H2,1-2H3. The van der Waals surface area contributed by atoms with Crippen LogP contribution >= 0.6 is 0 Å². The predicted molar refractivity (Wildman–Crippen MR) is 63.5 cm³/mol. The van der Waals surface area contributed by atoms with E-state index in [-0.39, 0.29) is 17.2 Å². The molecule has 15 heavy (non-hydrogen) atoms. The van der Waals surface area contributed by atoms with Crippen molar-refractivity contribution in [3.05, 3.63) is 0 Å². The smallest absolute Gasteiger partial charge is 0.147 e. The molecule has 90 valence electrons. The molecule has 0 aromatic carbocycles. The third-order valence-corrected chi connectivity index (χ3v) is 4.70. The molecule has 3 nitrogen and oxygen atoms in total. The predicted octanol–water partition coefficient (Wildman–Crippen LogP) is 1.72. The van der Waals surface area contributed by atoms with Gasteiger partial charge in [-0.25, -0.2) is 8.42 Å². The Morgan fingerprint density at radius 2 is 1.87 bits per heavy atom. The van der Waals surface area contributed by atoms with Crippen molar-refractivity contribution in [1.82, 2.24) is 0 Å². The van der Waals surface area contributed by atoms with E-state index in [0.717, 1.165) is 6.42 Å². The Kier molecular flexibility index (Phi) is 4.18. The lowest BCUT2D eigenvalue weighted by Gasteiger charge is -2.31. The van der Waals surface area contributed by atoms with Crippen LogP contribution in [0.15, 0.2) is 0 Å². The molecule has 1 aliphatic rings. The highest BCUT2D eigenvalue weighted by Gasteiger charge is 2.34. The number of sulfone groups is 1. The molecule has 2 N–H and O–H groups in total. The zero-order valence-electron chi connectivity index (χ0n) is 9.83. The number of rotatable bonds is 5. The van der Waals surface area contributed by atoms with Crippen LogP contribution in [0, 0.1) is 5.41 Å². The van der Waals surface area contributed by atoms with Gasteiger partial charge in [0.15, 0.2) is 0 Å². The Morgan fingerprint density at radius 3 is 2.33 bits per heavy atom. The maximum Gasteiger partial charge on any atom is 0.147 e. The molecular formula is C11H23NO2S. The van der Waals surface area contributed by atoms with Gasteiger partial charge in [0.05, 0.1) is 0 Å². The van der Waals surface area contributed by atoms with Crippen LogP contribution in [-0.4, -0.2) is 26.5 Å².